The second-order valence-electron chi connectivity index (χ2n) is 30.9. The number of morpholine rings is 1. The number of para-hydroxylation sites is 1. The molecule has 2 saturated heterocycles. The summed E-state index contributed by atoms with van der Waals surface area (Å²) in [6, 6.07) is -6.76. The zero-order valence-electron chi connectivity index (χ0n) is 66.5. The van der Waals surface area contributed by atoms with Crippen molar-refractivity contribution in [1.82, 2.24) is 75.9 Å². The third-order valence-electron chi connectivity index (χ3n) is 20.4. The normalized spacial score (nSPS) is 26.1. The van der Waals surface area contributed by atoms with Crippen LogP contribution < -0.4 is 26.6 Å². The summed E-state index contributed by atoms with van der Waals surface area (Å²) in [4.78, 5) is 174. The lowest BCUT2D eigenvalue weighted by Crippen LogP contribution is -2.64. The van der Waals surface area contributed by atoms with E-state index in [-0.39, 0.29) is 50.0 Å². The van der Waals surface area contributed by atoms with Gasteiger partial charge in [-0.05, 0) is 133 Å². The molecule has 11 amide bonds. The first kappa shape index (κ1) is 89.0. The fourth-order valence-electron chi connectivity index (χ4n) is 13.7. The van der Waals surface area contributed by atoms with Crippen LogP contribution in [-0.4, -0.2) is 280 Å². The van der Waals surface area contributed by atoms with E-state index in [1.807, 2.05) is 70.5 Å². The van der Waals surface area contributed by atoms with Gasteiger partial charge in [-0.25, -0.2) is 4.68 Å². The van der Waals surface area contributed by atoms with Crippen molar-refractivity contribution in [1.29, 1.82) is 0 Å². The van der Waals surface area contributed by atoms with E-state index < -0.39 is 161 Å². The van der Waals surface area contributed by atoms with Gasteiger partial charge in [-0.3, -0.25) is 57.6 Å². The van der Waals surface area contributed by atoms with Gasteiger partial charge in [0.15, 0.2) is 0 Å². The highest BCUT2D eigenvalue weighted by Gasteiger charge is 2.45. The number of ether oxygens (including phenoxy) is 2. The molecule has 1 aromatic heterocycles. The van der Waals surface area contributed by atoms with Gasteiger partial charge >= 0.3 is 0 Å². The largest absolute Gasteiger partial charge is 0.390 e. The topological polar surface area (TPSA) is 340 Å². The van der Waals surface area contributed by atoms with Crippen LogP contribution in [0.1, 0.15) is 175 Å². The molecule has 4 rings (SSSR count). The average Bonchev–Trinajstić information content (AvgIpc) is 1.03. The Morgan fingerprint density at radius 1 is 0.510 bits per heavy atom. The minimum absolute atomic E-state index is 0.0242. The molecule has 0 aliphatic carbocycles. The molecule has 2 aliphatic rings. The first-order valence-corrected chi connectivity index (χ1v) is 37.8. The molecule has 0 unspecified atom stereocenters. The van der Waals surface area contributed by atoms with Crippen LogP contribution in [0.4, 0.5) is 0 Å². The number of aliphatic hydroxyl groups excluding tert-OH is 1. The number of fused-ring (bicyclic) bond motifs is 1. The molecule has 2 aliphatic heterocycles. The summed E-state index contributed by atoms with van der Waals surface area (Å²) in [6.07, 6.45) is 1.63. The van der Waals surface area contributed by atoms with E-state index in [0.29, 0.717) is 45.4 Å². The van der Waals surface area contributed by atoms with E-state index in [9.17, 15) is 29.1 Å². The van der Waals surface area contributed by atoms with Gasteiger partial charge in [0, 0.05) is 68.5 Å². The molecule has 0 bridgehead atoms. The summed E-state index contributed by atoms with van der Waals surface area (Å²) in [5, 5.41) is 34.9. The maximum atomic E-state index is 15.3. The second kappa shape index (κ2) is 42.1. The zero-order valence-corrected chi connectivity index (χ0v) is 66.5. The van der Waals surface area contributed by atoms with Gasteiger partial charge in [0.25, 0.3) is 0 Å². The van der Waals surface area contributed by atoms with Gasteiger partial charge in [-0.1, -0.05) is 113 Å². The molecule has 0 spiro atoms. The molecular weight excluding hydrogens is 1330 g/mol. The molecule has 6 N–H and O–H groups in total. The Morgan fingerprint density at radius 2 is 1.03 bits per heavy atom. The van der Waals surface area contributed by atoms with E-state index in [1.54, 1.807) is 48.5 Å². The molecule has 29 nitrogen and oxygen atoms in total. The summed E-state index contributed by atoms with van der Waals surface area (Å²) in [5.41, 5.74) is 1.67. The van der Waals surface area contributed by atoms with Crippen LogP contribution in [-0.2, 0) is 68.8 Å². The van der Waals surface area contributed by atoms with Crippen LogP contribution in [0.25, 0.3) is 11.0 Å². The molecule has 0 radical (unpaired) electrons. The predicted octanol–water partition coefficient (Wildman–Crippen LogP) is 3.83. The van der Waals surface area contributed by atoms with Gasteiger partial charge in [0.05, 0.1) is 30.9 Å². The van der Waals surface area contributed by atoms with Crippen molar-refractivity contribution in [2.24, 2.45) is 35.5 Å². The molecule has 29 heteroatoms. The Balaban J connectivity index is 1.86. The maximum Gasteiger partial charge on any atom is 0.246 e. The predicted molar refractivity (Wildman–Crippen MR) is 397 cm³/mol. The molecule has 0 saturated carbocycles. The highest BCUT2D eigenvalue weighted by atomic mass is 16.5. The summed E-state index contributed by atoms with van der Waals surface area (Å²) in [7, 11) is 8.55. The first-order valence-electron chi connectivity index (χ1n) is 37.8. The number of nitrogens with zero attached hydrogens (tertiary/aromatic N) is 10. The van der Waals surface area contributed by atoms with Gasteiger partial charge in [0.1, 0.15) is 72.0 Å². The molecule has 1 aromatic carbocycles. The number of aryl methyl sites for hydroxylation is 1. The van der Waals surface area contributed by atoms with Crippen molar-refractivity contribution in [2.75, 3.05) is 81.7 Å². The van der Waals surface area contributed by atoms with Crippen LogP contribution in [0, 0.1) is 35.5 Å². The molecule has 2 aromatic rings. The van der Waals surface area contributed by atoms with Crippen molar-refractivity contribution < 1.29 is 67.3 Å². The number of amides is 11. The summed E-state index contributed by atoms with van der Waals surface area (Å²) in [6.45, 7) is 31.9. The third kappa shape index (κ3) is 24.9. The van der Waals surface area contributed by atoms with E-state index in [1.165, 1.54) is 87.6 Å². The highest BCUT2D eigenvalue weighted by Crippen LogP contribution is 2.25. The second-order valence-corrected chi connectivity index (χ2v) is 30.9. The summed E-state index contributed by atoms with van der Waals surface area (Å²) >= 11 is 0. The Bertz CT molecular complexity index is 3160. The van der Waals surface area contributed by atoms with Crippen molar-refractivity contribution in [3.8, 4) is 0 Å². The Hall–Kier alpha value is -7.37. The first-order chi connectivity index (χ1) is 48.8. The van der Waals surface area contributed by atoms with Crippen molar-refractivity contribution in [3.63, 3.8) is 0 Å². The molecular formula is C75H129N15O14. The number of benzene rings is 1. The van der Waals surface area contributed by atoms with Crippen LogP contribution >= 0.6 is 0 Å². The van der Waals surface area contributed by atoms with Gasteiger partial charge in [0.2, 0.25) is 65.0 Å². The minimum Gasteiger partial charge on any atom is -0.390 e. The van der Waals surface area contributed by atoms with Crippen LogP contribution in [0.5, 0.6) is 0 Å². The van der Waals surface area contributed by atoms with Gasteiger partial charge in [-0.2, -0.15) is 0 Å². The van der Waals surface area contributed by atoms with E-state index in [2.05, 4.69) is 41.8 Å². The Morgan fingerprint density at radius 3 is 1.61 bits per heavy atom. The molecule has 104 heavy (non-hydrogen) atoms. The molecule has 2 fully saturated rings. The number of carbonyl (C=O) groups excluding carboxylic acids is 11. The van der Waals surface area contributed by atoms with Crippen molar-refractivity contribution >= 4 is 76.0 Å². The number of hydrogen-bond acceptors (Lipinski definition) is 17. The van der Waals surface area contributed by atoms with E-state index in [0.717, 1.165) is 48.4 Å². The third-order valence-corrected chi connectivity index (χ3v) is 20.4. The molecule has 588 valence electrons. The number of aromatic nitrogens is 3. The standard InChI is InChI=1S/C75H129N15O14/c1-23-54-72(99)83(17)52(15)71(98)88(22)63(53(16)104-38-30-29-34-89-36-39-103-40-37-89)69(96)79-60(47(8)9)75(102)84(18)57(41-44(2)3)66(93)76-50(13)65(92)77-51(14)70(97)85(19)58(42-45(4)5)73(100)86(20)59(43-46(6)7)74(101)87(21)62(48(10)11)68(95)80-61(67(94)78-54)64(91)49(12)31-25-24-28-35-90-56-33-27-26-32-55(56)81-82-90/h26-27,32-33,44-54,57-64,91H,23-25,28-31,34-43H2,1-22H3,(H,76,93)(H,77,92)(H,78,94)(H,79,96)(H,80,95)/t49-,50+,51-,52-,53-,54+,57+,58+,59+,60+,61+,62+,63+,64-/m1/s1. The monoisotopic (exact) mass is 1460 g/mol. The average molecular weight is 1460 g/mol. The Labute approximate surface area is 618 Å². The van der Waals surface area contributed by atoms with E-state index >= 15 is 28.8 Å². The smallest absolute Gasteiger partial charge is 0.246 e. The molecule has 14 atom stereocenters. The fraction of sp³-hybridized carbons (Fsp3) is 0.773. The van der Waals surface area contributed by atoms with Gasteiger partial charge < -0.3 is 70.6 Å². The van der Waals surface area contributed by atoms with Gasteiger partial charge in [-0.15, -0.1) is 5.10 Å². The van der Waals surface area contributed by atoms with E-state index in [4.69, 9.17) is 9.47 Å². The number of hydrogen-bond donors (Lipinski definition) is 6. The lowest BCUT2D eigenvalue weighted by molar-refractivity contribution is -0.154. The lowest BCUT2D eigenvalue weighted by Gasteiger charge is -2.40. The number of aliphatic hydroxyl groups is 1. The minimum atomic E-state index is -1.71. The fourth-order valence-corrected chi connectivity index (χ4v) is 13.7. The quantitative estimate of drug-likeness (QED) is 0.0814. The number of likely N-dealkylation sites (N-methyl/N-ethyl adjacent to an activating group) is 6. The maximum absolute atomic E-state index is 15.3. The number of nitrogens with one attached hydrogen (secondary N) is 5. The van der Waals surface area contributed by atoms with Crippen molar-refractivity contribution in [3.05, 3.63) is 24.3 Å². The number of carbonyl (C=O) groups is 11. The zero-order chi connectivity index (χ0) is 78.3. The van der Waals surface area contributed by atoms with Crippen LogP contribution in [0.15, 0.2) is 24.3 Å². The molecule has 3 heterocycles. The Kier molecular flexibility index (Phi) is 36.0. The number of unbranched alkanes of at least 4 members (excludes halogenated alkanes) is 3. The lowest BCUT2D eigenvalue weighted by atomic mass is 9.91. The number of rotatable bonds is 24. The highest BCUT2D eigenvalue weighted by molar-refractivity contribution is 6.00. The van der Waals surface area contributed by atoms with Crippen molar-refractivity contribution in [2.45, 2.75) is 260 Å². The van der Waals surface area contributed by atoms with Crippen LogP contribution in [0.3, 0.4) is 0 Å². The summed E-state index contributed by atoms with van der Waals surface area (Å²) < 4.78 is 13.7. The summed E-state index contributed by atoms with van der Waals surface area (Å²) in [5.74, 6) is -10.3. The van der Waals surface area contributed by atoms with Crippen LogP contribution in [0.2, 0.25) is 0 Å². The SMILES string of the molecule is CC[C@@H]1NC(=O)[C@H]([C@H](O)[C@H](C)CCCCCn2nnc3ccccc32)NC(=O)[C@H](C(C)C)N(C)C(=O)[C@H](CC(C)C)N(C)C(=O)[C@H](CC(C)C)N(C)C(=O)[C@@H](C)NC(=O)[C@H](C)NC(=O)[C@H](CC(C)C)N(C)C(=O)[C@H](C(C)C)NC(=O)[C@H]([C@@H](C)OCCCCN2CCOCC2)N(C)C(=O)[C@@H](C)N(C)C1=O.